The van der Waals surface area contributed by atoms with Crippen molar-refractivity contribution in [3.05, 3.63) is 35.9 Å². The molecule has 22 heavy (non-hydrogen) atoms. The van der Waals surface area contributed by atoms with Crippen LogP contribution in [-0.4, -0.2) is 56.4 Å². The van der Waals surface area contributed by atoms with Crippen LogP contribution in [0.1, 0.15) is 25.5 Å². The summed E-state index contributed by atoms with van der Waals surface area (Å²) in [4.78, 5) is 14.3. The number of amides is 1. The number of methoxy groups -OCH3 is 1. The van der Waals surface area contributed by atoms with Crippen molar-refractivity contribution in [1.82, 2.24) is 4.90 Å². The van der Waals surface area contributed by atoms with Crippen molar-refractivity contribution in [2.75, 3.05) is 40.1 Å². The van der Waals surface area contributed by atoms with Gasteiger partial charge in [-0.05, 0) is 19.4 Å². The summed E-state index contributed by atoms with van der Waals surface area (Å²) in [6, 6.07) is 10.0. The minimum Gasteiger partial charge on any atom is -0.382 e. The van der Waals surface area contributed by atoms with Crippen LogP contribution in [0.25, 0.3) is 0 Å². The molecule has 0 aromatic heterocycles. The topological polar surface area (TPSA) is 48.0 Å². The van der Waals surface area contributed by atoms with Gasteiger partial charge in [-0.15, -0.1) is 0 Å². The predicted octanol–water partition coefficient (Wildman–Crippen LogP) is 2.03. The largest absolute Gasteiger partial charge is 0.382 e. The summed E-state index contributed by atoms with van der Waals surface area (Å²) in [5.74, 6) is -0.00895. The Morgan fingerprint density at radius 1 is 1.32 bits per heavy atom. The minimum atomic E-state index is -0.326. The van der Waals surface area contributed by atoms with Gasteiger partial charge in [0.1, 0.15) is 12.7 Å². The van der Waals surface area contributed by atoms with E-state index in [2.05, 4.69) is 0 Å². The standard InChI is InChI=1S/C17H25NO4/c1-17(2)13-22-15(14-7-5-4-6-8-14)11-18(17)16(19)12-21-10-9-20-3/h4-8,15H,9-13H2,1-3H3. The Morgan fingerprint density at radius 3 is 2.73 bits per heavy atom. The van der Waals surface area contributed by atoms with Gasteiger partial charge in [0.15, 0.2) is 0 Å². The Balaban J connectivity index is 1.98. The summed E-state index contributed by atoms with van der Waals surface area (Å²) in [6.45, 7) is 6.08. The lowest BCUT2D eigenvalue weighted by molar-refractivity contribution is -0.159. The van der Waals surface area contributed by atoms with Crippen molar-refractivity contribution in [2.45, 2.75) is 25.5 Å². The molecule has 1 aromatic carbocycles. The smallest absolute Gasteiger partial charge is 0.249 e. The van der Waals surface area contributed by atoms with Crippen molar-refractivity contribution >= 4 is 5.91 Å². The van der Waals surface area contributed by atoms with Crippen LogP contribution in [0.5, 0.6) is 0 Å². The van der Waals surface area contributed by atoms with Gasteiger partial charge in [-0.1, -0.05) is 30.3 Å². The van der Waals surface area contributed by atoms with E-state index in [0.29, 0.717) is 26.4 Å². The van der Waals surface area contributed by atoms with Crippen LogP contribution in [0.4, 0.5) is 0 Å². The average molecular weight is 307 g/mol. The van der Waals surface area contributed by atoms with Crippen LogP contribution in [0, 0.1) is 0 Å². The first-order chi connectivity index (χ1) is 10.5. The van der Waals surface area contributed by atoms with Crippen molar-refractivity contribution in [3.8, 4) is 0 Å². The molecule has 5 nitrogen and oxygen atoms in total. The Bertz CT molecular complexity index is 475. The number of ether oxygens (including phenoxy) is 3. The number of benzene rings is 1. The number of carbonyl (C=O) groups excluding carboxylic acids is 1. The summed E-state index contributed by atoms with van der Waals surface area (Å²) in [5.41, 5.74) is 0.767. The fourth-order valence-electron chi connectivity index (χ4n) is 2.54. The zero-order valence-electron chi connectivity index (χ0n) is 13.6. The average Bonchev–Trinajstić information content (AvgIpc) is 2.52. The molecule has 0 aliphatic carbocycles. The maximum absolute atomic E-state index is 12.5. The highest BCUT2D eigenvalue weighted by Crippen LogP contribution is 2.30. The van der Waals surface area contributed by atoms with Crippen molar-refractivity contribution in [2.24, 2.45) is 0 Å². The molecule has 1 unspecified atom stereocenters. The highest BCUT2D eigenvalue weighted by molar-refractivity contribution is 5.78. The molecular formula is C17H25NO4. The zero-order valence-corrected chi connectivity index (χ0v) is 13.6. The Morgan fingerprint density at radius 2 is 2.05 bits per heavy atom. The van der Waals surface area contributed by atoms with Crippen LogP contribution in [0.15, 0.2) is 30.3 Å². The van der Waals surface area contributed by atoms with Gasteiger partial charge in [0.05, 0.1) is 31.9 Å². The molecule has 1 fully saturated rings. The Labute approximate surface area is 132 Å². The summed E-state index contributed by atoms with van der Waals surface area (Å²) < 4.78 is 16.2. The van der Waals surface area contributed by atoms with E-state index in [-0.39, 0.29) is 24.2 Å². The Hall–Kier alpha value is -1.43. The minimum absolute atomic E-state index is 0.00895. The third-order valence-electron chi connectivity index (χ3n) is 3.85. The first-order valence-corrected chi connectivity index (χ1v) is 7.58. The van der Waals surface area contributed by atoms with Crippen LogP contribution >= 0.6 is 0 Å². The summed E-state index contributed by atoms with van der Waals surface area (Å²) in [7, 11) is 1.61. The molecule has 0 spiro atoms. The lowest BCUT2D eigenvalue weighted by Gasteiger charge is -2.45. The molecular weight excluding hydrogens is 282 g/mol. The molecule has 1 amide bonds. The number of carbonyl (C=O) groups is 1. The monoisotopic (exact) mass is 307 g/mol. The molecule has 122 valence electrons. The number of nitrogens with zero attached hydrogens (tertiary/aromatic N) is 1. The lowest BCUT2D eigenvalue weighted by atomic mass is 9.98. The molecule has 1 aliphatic rings. The van der Waals surface area contributed by atoms with E-state index in [1.54, 1.807) is 7.11 Å². The normalized spacial score (nSPS) is 20.9. The number of hydrogen-bond acceptors (Lipinski definition) is 4. The third-order valence-corrected chi connectivity index (χ3v) is 3.85. The number of morpholine rings is 1. The van der Waals surface area contributed by atoms with Gasteiger partial charge in [0.2, 0.25) is 5.91 Å². The van der Waals surface area contributed by atoms with Crippen LogP contribution < -0.4 is 0 Å². The van der Waals surface area contributed by atoms with E-state index in [4.69, 9.17) is 14.2 Å². The summed E-state index contributed by atoms with van der Waals surface area (Å²) in [6.07, 6.45) is -0.0860. The first kappa shape index (κ1) is 16.9. The second kappa shape index (κ2) is 7.72. The number of rotatable bonds is 6. The van der Waals surface area contributed by atoms with Gasteiger partial charge >= 0.3 is 0 Å². The lowest BCUT2D eigenvalue weighted by Crippen LogP contribution is -2.57. The van der Waals surface area contributed by atoms with Crippen molar-refractivity contribution in [1.29, 1.82) is 0 Å². The van der Waals surface area contributed by atoms with E-state index in [1.165, 1.54) is 0 Å². The van der Waals surface area contributed by atoms with Gasteiger partial charge in [0.25, 0.3) is 0 Å². The summed E-state index contributed by atoms with van der Waals surface area (Å²) >= 11 is 0. The first-order valence-electron chi connectivity index (χ1n) is 7.58. The zero-order chi connectivity index (χ0) is 16.0. The fraction of sp³-hybridized carbons (Fsp3) is 0.588. The van der Waals surface area contributed by atoms with Gasteiger partial charge in [-0.2, -0.15) is 0 Å². The van der Waals surface area contributed by atoms with Crippen molar-refractivity contribution in [3.63, 3.8) is 0 Å². The molecule has 1 heterocycles. The SMILES string of the molecule is COCCOCC(=O)N1CC(c2ccccc2)OCC1(C)C. The summed E-state index contributed by atoms with van der Waals surface area (Å²) in [5, 5.41) is 0. The van der Waals surface area contributed by atoms with Gasteiger partial charge < -0.3 is 19.1 Å². The molecule has 0 bridgehead atoms. The molecule has 1 atom stereocenters. The molecule has 5 heteroatoms. The molecule has 1 aliphatic heterocycles. The highest BCUT2D eigenvalue weighted by atomic mass is 16.5. The van der Waals surface area contributed by atoms with Crippen LogP contribution in [0.3, 0.4) is 0 Å². The van der Waals surface area contributed by atoms with Gasteiger partial charge in [0, 0.05) is 7.11 Å². The van der Waals surface area contributed by atoms with Crippen LogP contribution in [-0.2, 0) is 19.0 Å². The number of hydrogen-bond donors (Lipinski definition) is 0. The van der Waals surface area contributed by atoms with E-state index in [9.17, 15) is 4.79 Å². The molecule has 0 saturated carbocycles. The predicted molar refractivity (Wildman–Crippen MR) is 83.6 cm³/mol. The maximum Gasteiger partial charge on any atom is 0.249 e. The van der Waals surface area contributed by atoms with Crippen LogP contribution in [0.2, 0.25) is 0 Å². The Kier molecular flexibility index (Phi) is 5.94. The van der Waals surface area contributed by atoms with Gasteiger partial charge in [-0.3, -0.25) is 4.79 Å². The molecule has 2 rings (SSSR count). The quantitative estimate of drug-likeness (QED) is 0.755. The molecule has 1 aromatic rings. The molecule has 1 saturated heterocycles. The van der Waals surface area contributed by atoms with Crippen molar-refractivity contribution < 1.29 is 19.0 Å². The molecule has 0 N–H and O–H groups in total. The highest BCUT2D eigenvalue weighted by Gasteiger charge is 2.38. The maximum atomic E-state index is 12.5. The van der Waals surface area contributed by atoms with E-state index < -0.39 is 0 Å². The third kappa shape index (κ3) is 4.29. The second-order valence-corrected chi connectivity index (χ2v) is 6.07. The van der Waals surface area contributed by atoms with E-state index in [0.717, 1.165) is 5.56 Å². The molecule has 0 radical (unpaired) electrons. The van der Waals surface area contributed by atoms with E-state index in [1.807, 2.05) is 49.1 Å². The van der Waals surface area contributed by atoms with E-state index >= 15 is 0 Å². The fourth-order valence-corrected chi connectivity index (χ4v) is 2.54. The van der Waals surface area contributed by atoms with Gasteiger partial charge in [-0.25, -0.2) is 0 Å². The second-order valence-electron chi connectivity index (χ2n) is 6.07.